The smallest absolute Gasteiger partial charge is 0.303 e. The van der Waals surface area contributed by atoms with Crippen molar-refractivity contribution in [3.63, 3.8) is 0 Å². The van der Waals surface area contributed by atoms with Gasteiger partial charge < -0.3 is 14.6 Å². The Kier molecular flexibility index (Phi) is 6.36. The molecule has 0 radical (unpaired) electrons. The summed E-state index contributed by atoms with van der Waals surface area (Å²) in [4.78, 5) is 10.2. The van der Waals surface area contributed by atoms with Gasteiger partial charge in [-0.3, -0.25) is 4.79 Å². The van der Waals surface area contributed by atoms with Crippen molar-refractivity contribution < 1.29 is 19.4 Å². The molecule has 4 heteroatoms. The maximum absolute atomic E-state index is 10.2. The van der Waals surface area contributed by atoms with Gasteiger partial charge in [-0.1, -0.05) is 0 Å². The van der Waals surface area contributed by atoms with Crippen LogP contribution >= 0.6 is 0 Å². The number of rotatable bonds is 7. The number of unbranched alkanes of at least 4 members (excludes halogenated alkanes) is 1. The SMILES string of the molecule is O=C(O)CCCCOCC1CCOCC1. The van der Waals surface area contributed by atoms with Crippen LogP contribution in [0, 0.1) is 5.92 Å². The normalized spacial score (nSPS) is 17.9. The van der Waals surface area contributed by atoms with E-state index >= 15 is 0 Å². The van der Waals surface area contributed by atoms with Crippen LogP contribution in [0.15, 0.2) is 0 Å². The minimum atomic E-state index is -0.723. The lowest BCUT2D eigenvalue weighted by Crippen LogP contribution is -2.20. The Labute approximate surface area is 90.6 Å². The molecule has 0 spiro atoms. The molecule has 1 rings (SSSR count). The molecule has 1 aliphatic heterocycles. The summed E-state index contributed by atoms with van der Waals surface area (Å²) in [6.07, 6.45) is 3.99. The first kappa shape index (κ1) is 12.5. The lowest BCUT2D eigenvalue weighted by atomic mass is 10.0. The molecule has 0 amide bonds. The molecule has 1 aliphatic rings. The van der Waals surface area contributed by atoms with Gasteiger partial charge in [-0.15, -0.1) is 0 Å². The highest BCUT2D eigenvalue weighted by Crippen LogP contribution is 2.14. The molecule has 88 valence electrons. The highest BCUT2D eigenvalue weighted by molar-refractivity contribution is 5.66. The second kappa shape index (κ2) is 7.65. The standard InChI is InChI=1S/C11H20O4/c12-11(13)3-1-2-6-15-9-10-4-7-14-8-5-10/h10H,1-9H2,(H,12,13). The largest absolute Gasteiger partial charge is 0.481 e. The summed E-state index contributed by atoms with van der Waals surface area (Å²) >= 11 is 0. The van der Waals surface area contributed by atoms with Crippen molar-refractivity contribution in [2.75, 3.05) is 26.4 Å². The number of carbonyl (C=O) groups is 1. The summed E-state index contributed by atoms with van der Waals surface area (Å²) in [6.45, 7) is 3.20. The zero-order valence-electron chi connectivity index (χ0n) is 9.11. The number of aliphatic carboxylic acids is 1. The Morgan fingerprint density at radius 3 is 2.73 bits per heavy atom. The molecular weight excluding hydrogens is 196 g/mol. The van der Waals surface area contributed by atoms with Gasteiger partial charge in [0.05, 0.1) is 0 Å². The van der Waals surface area contributed by atoms with E-state index < -0.39 is 5.97 Å². The van der Waals surface area contributed by atoms with Gasteiger partial charge in [0.15, 0.2) is 0 Å². The highest BCUT2D eigenvalue weighted by atomic mass is 16.5. The van der Waals surface area contributed by atoms with Crippen LogP contribution in [0.5, 0.6) is 0 Å². The van der Waals surface area contributed by atoms with E-state index in [4.69, 9.17) is 14.6 Å². The van der Waals surface area contributed by atoms with Gasteiger partial charge >= 0.3 is 5.97 Å². The molecule has 0 aromatic rings. The van der Waals surface area contributed by atoms with Gasteiger partial charge in [-0.05, 0) is 31.6 Å². The first-order chi connectivity index (χ1) is 7.29. The third-order valence-electron chi connectivity index (χ3n) is 2.62. The van der Waals surface area contributed by atoms with Crippen LogP contribution in [0.1, 0.15) is 32.1 Å². The fourth-order valence-electron chi connectivity index (χ4n) is 1.64. The molecular formula is C11H20O4. The molecule has 4 nitrogen and oxygen atoms in total. The fourth-order valence-corrected chi connectivity index (χ4v) is 1.64. The maximum Gasteiger partial charge on any atom is 0.303 e. The first-order valence-corrected chi connectivity index (χ1v) is 5.66. The van der Waals surface area contributed by atoms with Crippen LogP contribution in [0.4, 0.5) is 0 Å². The van der Waals surface area contributed by atoms with E-state index in [1.807, 2.05) is 0 Å². The summed E-state index contributed by atoms with van der Waals surface area (Å²) in [5.41, 5.74) is 0. The van der Waals surface area contributed by atoms with Gasteiger partial charge in [0.1, 0.15) is 0 Å². The van der Waals surface area contributed by atoms with Gasteiger partial charge in [-0.2, -0.15) is 0 Å². The quantitative estimate of drug-likeness (QED) is 0.658. The average Bonchev–Trinajstić information content (AvgIpc) is 2.24. The monoisotopic (exact) mass is 216 g/mol. The van der Waals surface area contributed by atoms with Crippen molar-refractivity contribution in [1.82, 2.24) is 0 Å². The lowest BCUT2D eigenvalue weighted by molar-refractivity contribution is -0.137. The molecule has 0 bridgehead atoms. The molecule has 1 N–H and O–H groups in total. The Morgan fingerprint density at radius 2 is 2.07 bits per heavy atom. The molecule has 1 fully saturated rings. The van der Waals surface area contributed by atoms with Gasteiger partial charge in [0, 0.05) is 32.8 Å². The summed E-state index contributed by atoms with van der Waals surface area (Å²) in [7, 11) is 0. The topological polar surface area (TPSA) is 55.8 Å². The molecule has 15 heavy (non-hydrogen) atoms. The Balaban J connectivity index is 1.85. The zero-order valence-corrected chi connectivity index (χ0v) is 9.11. The molecule has 0 atom stereocenters. The minimum Gasteiger partial charge on any atom is -0.481 e. The Bertz CT molecular complexity index is 175. The van der Waals surface area contributed by atoms with Crippen molar-refractivity contribution in [3.05, 3.63) is 0 Å². The summed E-state index contributed by atoms with van der Waals surface area (Å²) in [5.74, 6) is -0.0855. The predicted octanol–water partition coefficient (Wildman–Crippen LogP) is 1.68. The van der Waals surface area contributed by atoms with E-state index in [0.717, 1.165) is 39.1 Å². The Hall–Kier alpha value is -0.610. The molecule has 0 aliphatic carbocycles. The lowest BCUT2D eigenvalue weighted by Gasteiger charge is -2.21. The first-order valence-electron chi connectivity index (χ1n) is 5.66. The molecule has 1 saturated heterocycles. The van der Waals surface area contributed by atoms with Crippen LogP contribution in [0.25, 0.3) is 0 Å². The average molecular weight is 216 g/mol. The second-order valence-electron chi connectivity index (χ2n) is 3.98. The molecule has 1 heterocycles. The van der Waals surface area contributed by atoms with E-state index in [1.165, 1.54) is 0 Å². The van der Waals surface area contributed by atoms with E-state index in [-0.39, 0.29) is 6.42 Å². The van der Waals surface area contributed by atoms with E-state index in [0.29, 0.717) is 18.9 Å². The highest BCUT2D eigenvalue weighted by Gasteiger charge is 2.13. The maximum atomic E-state index is 10.2. The molecule has 0 saturated carbocycles. The number of hydrogen-bond acceptors (Lipinski definition) is 3. The van der Waals surface area contributed by atoms with Crippen LogP contribution in [-0.2, 0) is 14.3 Å². The van der Waals surface area contributed by atoms with Gasteiger partial charge in [-0.25, -0.2) is 0 Å². The van der Waals surface area contributed by atoms with Crippen molar-refractivity contribution in [2.24, 2.45) is 5.92 Å². The third-order valence-corrected chi connectivity index (χ3v) is 2.62. The third kappa shape index (κ3) is 6.47. The number of hydrogen-bond donors (Lipinski definition) is 1. The van der Waals surface area contributed by atoms with Crippen LogP contribution in [0.3, 0.4) is 0 Å². The number of carboxylic acid groups (broad SMARTS) is 1. The summed E-state index contributed by atoms with van der Waals surface area (Å²) < 4.78 is 10.8. The van der Waals surface area contributed by atoms with Crippen LogP contribution in [-0.4, -0.2) is 37.5 Å². The zero-order chi connectivity index (χ0) is 10.9. The Morgan fingerprint density at radius 1 is 1.33 bits per heavy atom. The second-order valence-corrected chi connectivity index (χ2v) is 3.98. The van der Waals surface area contributed by atoms with Crippen molar-refractivity contribution >= 4 is 5.97 Å². The molecule has 0 aromatic heterocycles. The number of ether oxygens (including phenoxy) is 2. The van der Waals surface area contributed by atoms with E-state index in [9.17, 15) is 4.79 Å². The van der Waals surface area contributed by atoms with Crippen molar-refractivity contribution in [2.45, 2.75) is 32.1 Å². The summed E-state index contributed by atoms with van der Waals surface area (Å²) in [6, 6.07) is 0. The van der Waals surface area contributed by atoms with E-state index in [1.54, 1.807) is 0 Å². The van der Waals surface area contributed by atoms with Crippen molar-refractivity contribution in [3.8, 4) is 0 Å². The van der Waals surface area contributed by atoms with Crippen LogP contribution in [0.2, 0.25) is 0 Å². The molecule has 0 unspecified atom stereocenters. The van der Waals surface area contributed by atoms with Crippen molar-refractivity contribution in [1.29, 1.82) is 0 Å². The number of carboxylic acids is 1. The van der Waals surface area contributed by atoms with Gasteiger partial charge in [0.2, 0.25) is 0 Å². The predicted molar refractivity (Wildman–Crippen MR) is 55.8 cm³/mol. The van der Waals surface area contributed by atoms with Crippen LogP contribution < -0.4 is 0 Å². The summed E-state index contributed by atoms with van der Waals surface area (Å²) in [5, 5.41) is 8.42. The fraction of sp³-hybridized carbons (Fsp3) is 0.909. The minimum absolute atomic E-state index is 0.251. The van der Waals surface area contributed by atoms with E-state index in [2.05, 4.69) is 0 Å². The molecule has 0 aromatic carbocycles. The van der Waals surface area contributed by atoms with Gasteiger partial charge in [0.25, 0.3) is 0 Å².